The summed E-state index contributed by atoms with van der Waals surface area (Å²) in [4.78, 5) is 2.44. The van der Waals surface area contributed by atoms with Gasteiger partial charge >= 0.3 is 0 Å². The molecule has 0 spiro atoms. The topological polar surface area (TPSA) is 16.4 Å². The van der Waals surface area contributed by atoms with Crippen LogP contribution in [0.3, 0.4) is 0 Å². The first-order chi connectivity index (χ1) is 18.9. The molecule has 1 aromatic heterocycles. The number of benzene rings is 6. The Morgan fingerprint density at radius 2 is 1.44 bits per heavy atom. The lowest BCUT2D eigenvalue weighted by Crippen LogP contribution is -2.18. The van der Waals surface area contributed by atoms with E-state index in [0.29, 0.717) is 5.02 Å². The predicted molar refractivity (Wildman–Crippen MR) is 166 cm³/mol. The van der Waals surface area contributed by atoms with Crippen LogP contribution in [-0.4, -0.2) is 0 Å². The Kier molecular flexibility index (Phi) is 4.58. The van der Waals surface area contributed by atoms with E-state index in [4.69, 9.17) is 16.0 Å². The van der Waals surface area contributed by atoms with Gasteiger partial charge in [-0.3, -0.25) is 0 Å². The van der Waals surface area contributed by atoms with E-state index in [9.17, 15) is 0 Å². The second-order valence-corrected chi connectivity index (χ2v) is 12.0. The molecule has 0 amide bonds. The molecule has 0 bridgehead atoms. The van der Waals surface area contributed by atoms with Crippen LogP contribution in [0.2, 0.25) is 5.02 Å². The number of rotatable bonds is 1. The molecule has 0 saturated heterocycles. The van der Waals surface area contributed by atoms with Gasteiger partial charge in [0.15, 0.2) is 0 Å². The second-order valence-electron chi connectivity index (χ2n) is 11.6. The van der Waals surface area contributed by atoms with Crippen LogP contribution < -0.4 is 4.90 Å². The zero-order chi connectivity index (χ0) is 26.5. The van der Waals surface area contributed by atoms with E-state index in [1.54, 1.807) is 0 Å². The SMILES string of the molecule is CC(C)(C)c1cc2c(c3c1oc1cc(Cl)ccc13)N(c1ccc3ccccc3c1)c1cccc3cccc-2c13. The van der Waals surface area contributed by atoms with Crippen molar-refractivity contribution in [3.63, 3.8) is 0 Å². The lowest BCUT2D eigenvalue weighted by Gasteiger charge is -2.35. The molecular weight excluding hydrogens is 498 g/mol. The second kappa shape index (κ2) is 7.88. The van der Waals surface area contributed by atoms with Crippen molar-refractivity contribution in [1.82, 2.24) is 0 Å². The van der Waals surface area contributed by atoms with E-state index in [1.807, 2.05) is 12.1 Å². The standard InChI is InChI=1S/C36H26ClNO/c1-36(2,3)29-20-28-26-12-6-10-22-11-7-13-30(32(22)26)38(25-16-14-21-8-4-5-9-23(21)18-25)34(28)33-27-17-15-24(37)19-31(27)39-35(29)33/h4-20H,1-3H3. The van der Waals surface area contributed by atoms with Crippen LogP contribution in [0.4, 0.5) is 17.1 Å². The van der Waals surface area contributed by atoms with Crippen molar-refractivity contribution >= 4 is 72.1 Å². The van der Waals surface area contributed by atoms with Crippen molar-refractivity contribution in [2.24, 2.45) is 0 Å². The molecule has 8 rings (SSSR count). The molecule has 0 N–H and O–H groups in total. The third-order valence-electron chi connectivity index (χ3n) is 8.11. The molecule has 3 heteroatoms. The monoisotopic (exact) mass is 523 g/mol. The Bertz CT molecular complexity index is 2120. The van der Waals surface area contributed by atoms with Crippen molar-refractivity contribution < 1.29 is 4.42 Å². The number of hydrogen-bond acceptors (Lipinski definition) is 2. The summed E-state index contributed by atoms with van der Waals surface area (Å²) in [7, 11) is 0. The number of hydrogen-bond donors (Lipinski definition) is 0. The average Bonchev–Trinajstić information content (AvgIpc) is 3.30. The molecule has 1 aliphatic heterocycles. The molecule has 1 aliphatic rings. The smallest absolute Gasteiger partial charge is 0.141 e. The molecule has 2 nitrogen and oxygen atoms in total. The summed E-state index contributed by atoms with van der Waals surface area (Å²) in [5.41, 5.74) is 8.75. The normalized spacial score (nSPS) is 13.1. The summed E-state index contributed by atoms with van der Waals surface area (Å²) in [6.45, 7) is 6.77. The van der Waals surface area contributed by atoms with Crippen LogP contribution >= 0.6 is 11.6 Å². The summed E-state index contributed by atoms with van der Waals surface area (Å²) in [5, 5.41) is 7.84. The molecule has 188 valence electrons. The molecule has 0 unspecified atom stereocenters. The van der Waals surface area contributed by atoms with Crippen LogP contribution in [0, 0.1) is 0 Å². The number of nitrogens with zero attached hydrogens (tertiary/aromatic N) is 1. The van der Waals surface area contributed by atoms with Gasteiger partial charge in [0.2, 0.25) is 0 Å². The first kappa shape index (κ1) is 22.7. The Morgan fingerprint density at radius 1 is 0.667 bits per heavy atom. The van der Waals surface area contributed by atoms with E-state index in [2.05, 4.69) is 117 Å². The number of halogens is 1. The van der Waals surface area contributed by atoms with Crippen LogP contribution in [0.1, 0.15) is 26.3 Å². The highest BCUT2D eigenvalue weighted by molar-refractivity contribution is 6.32. The van der Waals surface area contributed by atoms with Gasteiger partial charge in [0.25, 0.3) is 0 Å². The Balaban J connectivity index is 1.60. The quantitative estimate of drug-likeness (QED) is 0.213. The highest BCUT2D eigenvalue weighted by atomic mass is 35.5. The minimum absolute atomic E-state index is 0.121. The van der Waals surface area contributed by atoms with Crippen LogP contribution in [0.15, 0.2) is 108 Å². The van der Waals surface area contributed by atoms with Gasteiger partial charge in [0.1, 0.15) is 11.2 Å². The van der Waals surface area contributed by atoms with E-state index in [1.165, 1.54) is 43.9 Å². The van der Waals surface area contributed by atoms with Gasteiger partial charge in [-0.1, -0.05) is 93.0 Å². The molecule has 39 heavy (non-hydrogen) atoms. The van der Waals surface area contributed by atoms with Gasteiger partial charge in [0.05, 0.1) is 16.8 Å². The summed E-state index contributed by atoms with van der Waals surface area (Å²) >= 11 is 6.45. The fourth-order valence-corrected chi connectivity index (χ4v) is 6.50. The summed E-state index contributed by atoms with van der Waals surface area (Å²) in [6.07, 6.45) is 0. The number of anilines is 3. The van der Waals surface area contributed by atoms with E-state index >= 15 is 0 Å². The van der Waals surface area contributed by atoms with Crippen molar-refractivity contribution in [1.29, 1.82) is 0 Å². The highest BCUT2D eigenvalue weighted by Gasteiger charge is 2.33. The maximum absolute atomic E-state index is 6.66. The van der Waals surface area contributed by atoms with Gasteiger partial charge in [0, 0.05) is 38.7 Å². The largest absolute Gasteiger partial charge is 0.456 e. The number of fused-ring (bicyclic) bond motifs is 7. The number of furan rings is 1. The zero-order valence-corrected chi connectivity index (χ0v) is 22.8. The Morgan fingerprint density at radius 3 is 2.26 bits per heavy atom. The van der Waals surface area contributed by atoms with Gasteiger partial charge in [-0.2, -0.15) is 0 Å². The maximum Gasteiger partial charge on any atom is 0.141 e. The fourth-order valence-electron chi connectivity index (χ4n) is 6.34. The first-order valence-electron chi connectivity index (χ1n) is 13.4. The minimum atomic E-state index is -0.121. The molecule has 0 aliphatic carbocycles. The van der Waals surface area contributed by atoms with Crippen molar-refractivity contribution in [3.8, 4) is 11.1 Å². The van der Waals surface area contributed by atoms with Gasteiger partial charge in [-0.25, -0.2) is 0 Å². The van der Waals surface area contributed by atoms with Crippen LogP contribution in [-0.2, 0) is 5.41 Å². The Hall–Kier alpha value is -4.27. The lowest BCUT2D eigenvalue weighted by molar-refractivity contribution is 0.573. The molecule has 7 aromatic rings. The minimum Gasteiger partial charge on any atom is -0.456 e. The first-order valence-corrected chi connectivity index (χ1v) is 13.8. The fraction of sp³-hybridized carbons (Fsp3) is 0.111. The molecule has 6 aromatic carbocycles. The molecule has 0 atom stereocenters. The summed E-state index contributed by atoms with van der Waals surface area (Å²) < 4.78 is 6.66. The van der Waals surface area contributed by atoms with Gasteiger partial charge < -0.3 is 9.32 Å². The third-order valence-corrected chi connectivity index (χ3v) is 8.35. The van der Waals surface area contributed by atoms with E-state index in [-0.39, 0.29) is 5.41 Å². The van der Waals surface area contributed by atoms with Crippen molar-refractivity contribution in [2.45, 2.75) is 26.2 Å². The summed E-state index contributed by atoms with van der Waals surface area (Å²) in [6, 6.07) is 36.9. The van der Waals surface area contributed by atoms with Gasteiger partial charge in [-0.15, -0.1) is 0 Å². The Labute approximate surface area is 232 Å². The molecule has 0 radical (unpaired) electrons. The molecular formula is C36H26ClNO. The molecule has 0 fully saturated rings. The lowest BCUT2D eigenvalue weighted by atomic mass is 9.81. The third kappa shape index (κ3) is 3.22. The highest BCUT2D eigenvalue weighted by Crippen LogP contribution is 2.56. The maximum atomic E-state index is 6.66. The van der Waals surface area contributed by atoms with Crippen LogP contribution in [0.5, 0.6) is 0 Å². The average molecular weight is 524 g/mol. The zero-order valence-electron chi connectivity index (χ0n) is 22.0. The van der Waals surface area contributed by atoms with Gasteiger partial charge in [-0.05, 0) is 63.5 Å². The van der Waals surface area contributed by atoms with E-state index in [0.717, 1.165) is 33.3 Å². The summed E-state index contributed by atoms with van der Waals surface area (Å²) in [5.74, 6) is 0. The predicted octanol–water partition coefficient (Wildman–Crippen LogP) is 11.3. The molecule has 0 saturated carbocycles. The molecule has 2 heterocycles. The van der Waals surface area contributed by atoms with E-state index < -0.39 is 0 Å². The van der Waals surface area contributed by atoms with Crippen LogP contribution in [0.25, 0.3) is 54.6 Å². The van der Waals surface area contributed by atoms with Crippen molar-refractivity contribution in [3.05, 3.63) is 114 Å². The van der Waals surface area contributed by atoms with Crippen molar-refractivity contribution in [2.75, 3.05) is 4.90 Å².